The van der Waals surface area contributed by atoms with Crippen molar-refractivity contribution < 1.29 is 14.3 Å². The topological polar surface area (TPSA) is 136 Å². The quantitative estimate of drug-likeness (QED) is 0.819. The number of ether oxygens (including phenoxy) is 2. The highest BCUT2D eigenvalue weighted by Gasteiger charge is 2.54. The Balaban J connectivity index is 2.21. The van der Waals surface area contributed by atoms with E-state index < -0.39 is 23.3 Å². The van der Waals surface area contributed by atoms with Gasteiger partial charge in [-0.3, -0.25) is 0 Å². The monoisotopic (exact) mass is 403 g/mol. The number of nitriles is 3. The number of carbonyl (C=O) groups excluding carboxylic acids is 1. The standard InChI is InChI=1S/C22H21N5O3/c1-3-30-21(28)27-9-8-16-17(10-23)20(26)22(12-24,13-25)19(18(16)11-27)14-4-6-15(29-2)7-5-14/h4-8,18-19H,3,9,11,26H2,1-2H3/t18-,19+/m0/s1. The summed E-state index contributed by atoms with van der Waals surface area (Å²) in [4.78, 5) is 13.8. The van der Waals surface area contributed by atoms with Gasteiger partial charge in [0.05, 0.1) is 37.1 Å². The molecule has 0 aromatic heterocycles. The van der Waals surface area contributed by atoms with Gasteiger partial charge in [0.15, 0.2) is 5.41 Å². The molecule has 3 rings (SSSR count). The average molecular weight is 403 g/mol. The van der Waals surface area contributed by atoms with E-state index in [1.165, 1.54) is 4.90 Å². The van der Waals surface area contributed by atoms with E-state index in [0.29, 0.717) is 16.9 Å². The Morgan fingerprint density at radius 1 is 1.27 bits per heavy atom. The maximum atomic E-state index is 12.3. The van der Waals surface area contributed by atoms with Crippen molar-refractivity contribution in [2.45, 2.75) is 12.8 Å². The zero-order valence-corrected chi connectivity index (χ0v) is 16.8. The lowest BCUT2D eigenvalue weighted by molar-refractivity contribution is 0.0999. The molecule has 0 unspecified atom stereocenters. The Labute approximate surface area is 175 Å². The van der Waals surface area contributed by atoms with E-state index in [0.717, 1.165) is 0 Å². The highest BCUT2D eigenvalue weighted by molar-refractivity contribution is 5.69. The molecule has 1 heterocycles. The first kappa shape index (κ1) is 20.8. The number of fused-ring (bicyclic) bond motifs is 1. The van der Waals surface area contributed by atoms with Gasteiger partial charge in [0.2, 0.25) is 0 Å². The SMILES string of the molecule is CCOC(=O)N1CC=C2C(C#N)=C(N)C(C#N)(C#N)[C@H](c3ccc(OC)cc3)[C@H]2C1. The molecule has 2 aliphatic rings. The number of amides is 1. The van der Waals surface area contributed by atoms with Crippen molar-refractivity contribution in [2.24, 2.45) is 17.1 Å². The third-order valence-corrected chi connectivity index (χ3v) is 5.67. The third-order valence-electron chi connectivity index (χ3n) is 5.67. The van der Waals surface area contributed by atoms with Crippen molar-refractivity contribution in [3.05, 3.63) is 52.7 Å². The zero-order chi connectivity index (χ0) is 21.9. The van der Waals surface area contributed by atoms with E-state index in [-0.39, 0.29) is 31.0 Å². The van der Waals surface area contributed by atoms with Gasteiger partial charge in [0.25, 0.3) is 0 Å². The summed E-state index contributed by atoms with van der Waals surface area (Å²) in [5.41, 5.74) is 5.94. The summed E-state index contributed by atoms with van der Waals surface area (Å²) in [5, 5.41) is 29.9. The fourth-order valence-corrected chi connectivity index (χ4v) is 4.23. The van der Waals surface area contributed by atoms with Crippen LogP contribution in [0.15, 0.2) is 47.2 Å². The Morgan fingerprint density at radius 2 is 1.93 bits per heavy atom. The molecule has 0 saturated heterocycles. The van der Waals surface area contributed by atoms with Crippen molar-refractivity contribution in [3.63, 3.8) is 0 Å². The molecule has 8 nitrogen and oxygen atoms in total. The zero-order valence-electron chi connectivity index (χ0n) is 16.8. The lowest BCUT2D eigenvalue weighted by Gasteiger charge is -2.45. The van der Waals surface area contributed by atoms with Crippen molar-refractivity contribution in [1.82, 2.24) is 4.90 Å². The van der Waals surface area contributed by atoms with Crippen LogP contribution in [0.4, 0.5) is 4.79 Å². The van der Waals surface area contributed by atoms with Gasteiger partial charge in [0, 0.05) is 24.9 Å². The van der Waals surface area contributed by atoms with Crippen LogP contribution in [0.2, 0.25) is 0 Å². The number of hydrogen-bond acceptors (Lipinski definition) is 7. The third kappa shape index (κ3) is 3.11. The van der Waals surface area contributed by atoms with Gasteiger partial charge in [0.1, 0.15) is 11.8 Å². The summed E-state index contributed by atoms with van der Waals surface area (Å²) in [6.07, 6.45) is 1.27. The predicted molar refractivity (Wildman–Crippen MR) is 106 cm³/mol. The molecule has 2 atom stereocenters. The van der Waals surface area contributed by atoms with Gasteiger partial charge in [-0.2, -0.15) is 15.8 Å². The highest BCUT2D eigenvalue weighted by atomic mass is 16.6. The normalized spacial score (nSPS) is 22.0. The number of nitrogens with zero attached hydrogens (tertiary/aromatic N) is 4. The minimum Gasteiger partial charge on any atom is -0.497 e. The molecule has 0 radical (unpaired) electrons. The summed E-state index contributed by atoms with van der Waals surface area (Å²) in [7, 11) is 1.55. The minimum absolute atomic E-state index is 0.0529. The van der Waals surface area contributed by atoms with E-state index >= 15 is 0 Å². The molecular formula is C22H21N5O3. The fraction of sp³-hybridized carbons (Fsp3) is 0.364. The number of carbonyl (C=O) groups is 1. The molecule has 0 fully saturated rings. The Kier molecular flexibility index (Phi) is 5.67. The number of methoxy groups -OCH3 is 1. The van der Waals surface area contributed by atoms with Crippen LogP contribution in [0.25, 0.3) is 0 Å². The van der Waals surface area contributed by atoms with Crippen molar-refractivity contribution in [1.29, 1.82) is 15.8 Å². The molecule has 152 valence electrons. The molecule has 0 bridgehead atoms. The van der Waals surface area contributed by atoms with Crippen LogP contribution in [0.5, 0.6) is 5.75 Å². The highest BCUT2D eigenvalue weighted by Crippen LogP contribution is 2.54. The summed E-state index contributed by atoms with van der Waals surface area (Å²) in [5.74, 6) is -0.528. The van der Waals surface area contributed by atoms with Crippen molar-refractivity contribution in [2.75, 3.05) is 26.8 Å². The number of hydrogen-bond donors (Lipinski definition) is 1. The summed E-state index contributed by atoms with van der Waals surface area (Å²) in [6.45, 7) is 2.40. The number of benzene rings is 1. The van der Waals surface area contributed by atoms with Crippen LogP contribution < -0.4 is 10.5 Å². The Hall–Kier alpha value is -3.96. The molecule has 8 heteroatoms. The van der Waals surface area contributed by atoms with Crippen LogP contribution in [0, 0.1) is 45.3 Å². The van der Waals surface area contributed by atoms with Crippen molar-refractivity contribution >= 4 is 6.09 Å². The molecule has 1 aliphatic heterocycles. The maximum Gasteiger partial charge on any atom is 0.410 e. The van der Waals surface area contributed by atoms with Gasteiger partial charge >= 0.3 is 6.09 Å². The van der Waals surface area contributed by atoms with Crippen molar-refractivity contribution in [3.8, 4) is 24.0 Å². The lowest BCUT2D eigenvalue weighted by atomic mass is 9.58. The molecule has 0 spiro atoms. The molecule has 1 amide bonds. The largest absolute Gasteiger partial charge is 0.497 e. The first-order valence-electron chi connectivity index (χ1n) is 9.46. The van der Waals surface area contributed by atoms with E-state index in [2.05, 4.69) is 18.2 Å². The predicted octanol–water partition coefficient (Wildman–Crippen LogP) is 2.58. The van der Waals surface area contributed by atoms with Gasteiger partial charge < -0.3 is 20.1 Å². The average Bonchev–Trinajstić information content (AvgIpc) is 2.78. The van der Waals surface area contributed by atoms with E-state index in [4.69, 9.17) is 15.2 Å². The van der Waals surface area contributed by atoms with E-state index in [1.807, 2.05) is 0 Å². The molecular weight excluding hydrogens is 382 g/mol. The molecule has 0 saturated carbocycles. The second-order valence-corrected chi connectivity index (χ2v) is 7.05. The Morgan fingerprint density at radius 3 is 2.47 bits per heavy atom. The van der Waals surface area contributed by atoms with Crippen LogP contribution in [0.3, 0.4) is 0 Å². The van der Waals surface area contributed by atoms with Crippen LogP contribution in [0.1, 0.15) is 18.4 Å². The van der Waals surface area contributed by atoms with E-state index in [9.17, 15) is 20.6 Å². The van der Waals surface area contributed by atoms with Gasteiger partial charge in [-0.05, 0) is 30.2 Å². The second-order valence-electron chi connectivity index (χ2n) is 7.05. The smallest absolute Gasteiger partial charge is 0.410 e. The fourth-order valence-electron chi connectivity index (χ4n) is 4.23. The van der Waals surface area contributed by atoms with Crippen LogP contribution in [-0.2, 0) is 4.74 Å². The van der Waals surface area contributed by atoms with Gasteiger partial charge in [-0.15, -0.1) is 0 Å². The number of allylic oxidation sites excluding steroid dienone is 2. The van der Waals surface area contributed by atoms with Crippen LogP contribution in [-0.4, -0.2) is 37.8 Å². The second kappa shape index (κ2) is 8.19. The van der Waals surface area contributed by atoms with Gasteiger partial charge in [-0.1, -0.05) is 18.2 Å². The van der Waals surface area contributed by atoms with E-state index in [1.54, 1.807) is 44.4 Å². The lowest BCUT2D eigenvalue weighted by Crippen LogP contribution is -2.49. The number of rotatable bonds is 3. The first-order valence-corrected chi connectivity index (χ1v) is 9.46. The molecule has 30 heavy (non-hydrogen) atoms. The summed E-state index contributed by atoms with van der Waals surface area (Å²) in [6, 6.07) is 13.2. The number of nitrogens with two attached hydrogens (primary N) is 1. The summed E-state index contributed by atoms with van der Waals surface area (Å²) >= 11 is 0. The molecule has 1 aromatic rings. The summed E-state index contributed by atoms with van der Waals surface area (Å²) < 4.78 is 10.3. The van der Waals surface area contributed by atoms with Crippen LogP contribution >= 0.6 is 0 Å². The maximum absolute atomic E-state index is 12.3. The molecule has 1 aromatic carbocycles. The first-order chi connectivity index (χ1) is 14.5. The van der Waals surface area contributed by atoms with Gasteiger partial charge in [-0.25, -0.2) is 4.79 Å². The molecule has 2 N–H and O–H groups in total. The molecule has 1 aliphatic carbocycles. The minimum atomic E-state index is -1.75. The Bertz CT molecular complexity index is 1020.